The largest absolute Gasteiger partial charge is 0.391 e. The van der Waals surface area contributed by atoms with Crippen molar-refractivity contribution in [3.8, 4) is 0 Å². The summed E-state index contributed by atoms with van der Waals surface area (Å²) in [6.45, 7) is 0.142. The fraction of sp³-hybridized carbons (Fsp3) is 0.350. The molecule has 1 aromatic carbocycles. The van der Waals surface area contributed by atoms with E-state index in [0.717, 1.165) is 18.2 Å². The number of β-amino-alcohol motifs (C(OH)–C–C–N with tert-alkyl or cyclic N) is 1. The Kier molecular flexibility index (Phi) is 5.14. The number of aliphatic hydroxyl groups is 2. The standard InChI is InChI=1S/C20H19F3N6O2S/c21-9-1-2-12(22)11(5-9)14-6-10(30)8-28(14)16-3-4-29-19(25-16)17(18(23)27-29)26-20(32)24-13-7-15(13)31/h1-5,10,13-15,30-31H,6-8H2,(H2,24,26,32)/t10-,13-,14-,15-/m1/s1. The van der Waals surface area contributed by atoms with E-state index in [0.29, 0.717) is 12.2 Å². The lowest BCUT2D eigenvalue weighted by Gasteiger charge is -2.26. The van der Waals surface area contributed by atoms with Crippen LogP contribution in [0.2, 0.25) is 0 Å². The summed E-state index contributed by atoms with van der Waals surface area (Å²) in [5.41, 5.74) is 0.169. The van der Waals surface area contributed by atoms with Gasteiger partial charge >= 0.3 is 0 Å². The molecule has 5 rings (SSSR count). The Morgan fingerprint density at radius 2 is 1.94 bits per heavy atom. The predicted octanol–water partition coefficient (Wildman–Crippen LogP) is 1.88. The highest BCUT2D eigenvalue weighted by molar-refractivity contribution is 7.80. The van der Waals surface area contributed by atoms with Crippen LogP contribution in [0.1, 0.15) is 24.4 Å². The quantitative estimate of drug-likeness (QED) is 0.435. The number of rotatable bonds is 4. The average Bonchev–Trinajstić information content (AvgIpc) is 3.15. The normalized spacial score (nSPS) is 24.7. The lowest BCUT2D eigenvalue weighted by molar-refractivity contribution is 0.194. The van der Waals surface area contributed by atoms with Crippen LogP contribution in [0, 0.1) is 17.6 Å². The molecule has 3 heterocycles. The topological polar surface area (TPSA) is 98.0 Å². The number of benzene rings is 1. The molecule has 0 spiro atoms. The number of aromatic nitrogens is 3. The highest BCUT2D eigenvalue weighted by Crippen LogP contribution is 2.37. The molecule has 0 radical (unpaired) electrons. The number of aliphatic hydroxyl groups excluding tert-OH is 2. The van der Waals surface area contributed by atoms with Crippen LogP contribution in [0.4, 0.5) is 24.7 Å². The van der Waals surface area contributed by atoms with Crippen molar-refractivity contribution < 1.29 is 23.4 Å². The third kappa shape index (κ3) is 3.85. The van der Waals surface area contributed by atoms with Gasteiger partial charge in [0.05, 0.1) is 24.3 Å². The molecule has 8 nitrogen and oxygen atoms in total. The summed E-state index contributed by atoms with van der Waals surface area (Å²) >= 11 is 5.17. The van der Waals surface area contributed by atoms with Crippen LogP contribution in [0.15, 0.2) is 30.5 Å². The van der Waals surface area contributed by atoms with Gasteiger partial charge in [-0.25, -0.2) is 18.3 Å². The fourth-order valence-electron chi connectivity index (χ4n) is 3.95. The van der Waals surface area contributed by atoms with E-state index in [4.69, 9.17) is 12.2 Å². The van der Waals surface area contributed by atoms with E-state index in [2.05, 4.69) is 20.7 Å². The van der Waals surface area contributed by atoms with Crippen molar-refractivity contribution in [2.24, 2.45) is 0 Å². The first-order valence-corrected chi connectivity index (χ1v) is 10.4. The van der Waals surface area contributed by atoms with E-state index >= 15 is 0 Å². The minimum atomic E-state index is -0.829. The van der Waals surface area contributed by atoms with Gasteiger partial charge in [-0.05, 0) is 49.3 Å². The molecule has 4 atom stereocenters. The Morgan fingerprint density at radius 3 is 2.69 bits per heavy atom. The van der Waals surface area contributed by atoms with Crippen LogP contribution >= 0.6 is 12.2 Å². The van der Waals surface area contributed by atoms with E-state index in [1.807, 2.05) is 0 Å². The molecule has 0 amide bonds. The van der Waals surface area contributed by atoms with E-state index in [-0.39, 0.29) is 41.0 Å². The molecule has 32 heavy (non-hydrogen) atoms. The highest BCUT2D eigenvalue weighted by Gasteiger charge is 2.37. The van der Waals surface area contributed by atoms with E-state index in [1.165, 1.54) is 10.7 Å². The first kappa shape index (κ1) is 20.9. The molecule has 12 heteroatoms. The van der Waals surface area contributed by atoms with Gasteiger partial charge in [-0.2, -0.15) is 4.39 Å². The summed E-state index contributed by atoms with van der Waals surface area (Å²) in [6.07, 6.45) is 0.952. The van der Waals surface area contributed by atoms with E-state index in [1.54, 1.807) is 11.0 Å². The second-order valence-electron chi connectivity index (χ2n) is 7.95. The Balaban J connectivity index is 1.48. The molecule has 0 bridgehead atoms. The van der Waals surface area contributed by atoms with Crippen molar-refractivity contribution >= 4 is 34.5 Å². The summed E-state index contributed by atoms with van der Waals surface area (Å²) in [6, 6.07) is 3.90. The number of thiocarbonyl (C=S) groups is 1. The van der Waals surface area contributed by atoms with E-state index < -0.39 is 35.8 Å². The monoisotopic (exact) mass is 464 g/mol. The number of halogens is 3. The van der Waals surface area contributed by atoms with Crippen LogP contribution < -0.4 is 15.5 Å². The molecule has 0 unspecified atom stereocenters. The summed E-state index contributed by atoms with van der Waals surface area (Å²) in [7, 11) is 0. The molecule has 3 aromatic rings. The maximum atomic E-state index is 14.5. The first-order valence-electron chi connectivity index (χ1n) is 10.0. The molecule has 2 fully saturated rings. The minimum Gasteiger partial charge on any atom is -0.391 e. The van der Waals surface area contributed by atoms with Gasteiger partial charge in [0.15, 0.2) is 10.8 Å². The lowest BCUT2D eigenvalue weighted by atomic mass is 10.0. The fourth-order valence-corrected chi connectivity index (χ4v) is 4.20. The van der Waals surface area contributed by atoms with Crippen LogP contribution in [0.3, 0.4) is 0 Å². The Bertz CT molecular complexity index is 1210. The number of nitrogens with one attached hydrogen (secondary N) is 2. The number of nitrogens with zero attached hydrogens (tertiary/aromatic N) is 4. The zero-order valence-corrected chi connectivity index (χ0v) is 17.4. The lowest BCUT2D eigenvalue weighted by Crippen LogP contribution is -2.32. The first-order chi connectivity index (χ1) is 15.3. The second kappa shape index (κ2) is 7.87. The van der Waals surface area contributed by atoms with Gasteiger partial charge in [-0.3, -0.25) is 0 Å². The van der Waals surface area contributed by atoms with E-state index in [9.17, 15) is 23.4 Å². The molecule has 168 valence electrons. The average molecular weight is 464 g/mol. The summed E-state index contributed by atoms with van der Waals surface area (Å²) in [4.78, 5) is 6.11. The van der Waals surface area contributed by atoms with Gasteiger partial charge in [0.1, 0.15) is 23.1 Å². The van der Waals surface area contributed by atoms with Crippen molar-refractivity contribution in [1.82, 2.24) is 19.9 Å². The van der Waals surface area contributed by atoms with Crippen molar-refractivity contribution in [2.45, 2.75) is 37.1 Å². The molecular formula is C20H19F3N6O2S. The van der Waals surface area contributed by atoms with Gasteiger partial charge < -0.3 is 25.7 Å². The smallest absolute Gasteiger partial charge is 0.258 e. The summed E-state index contributed by atoms with van der Waals surface area (Å²) in [5.74, 6) is -1.67. The Morgan fingerprint density at radius 1 is 1.16 bits per heavy atom. The Hall–Kier alpha value is -2.96. The predicted molar refractivity (Wildman–Crippen MR) is 114 cm³/mol. The van der Waals surface area contributed by atoms with Gasteiger partial charge in [0.25, 0.3) is 5.95 Å². The molecule has 1 saturated carbocycles. The number of hydrogen-bond donors (Lipinski definition) is 4. The van der Waals surface area contributed by atoms with Crippen molar-refractivity contribution in [3.05, 3.63) is 53.6 Å². The van der Waals surface area contributed by atoms with Crippen LogP contribution in [-0.2, 0) is 0 Å². The molecular weight excluding hydrogens is 445 g/mol. The maximum absolute atomic E-state index is 14.5. The molecule has 4 N–H and O–H groups in total. The Labute approximate surface area is 185 Å². The van der Waals surface area contributed by atoms with Crippen LogP contribution in [-0.4, -0.2) is 54.7 Å². The molecule has 2 aromatic heterocycles. The number of anilines is 2. The van der Waals surface area contributed by atoms with Crippen molar-refractivity contribution in [1.29, 1.82) is 0 Å². The van der Waals surface area contributed by atoms with Gasteiger partial charge in [0.2, 0.25) is 0 Å². The minimum absolute atomic E-state index is 0.0623. The summed E-state index contributed by atoms with van der Waals surface area (Å²) < 4.78 is 43.9. The van der Waals surface area contributed by atoms with Gasteiger partial charge in [-0.15, -0.1) is 5.10 Å². The highest BCUT2D eigenvalue weighted by atomic mass is 32.1. The third-order valence-corrected chi connectivity index (χ3v) is 5.85. The SMILES string of the molecule is O[C@@H]1C[C@H](c2cc(F)ccc2F)N(c2ccn3nc(F)c(NC(=S)N[C@@H]4C[C@H]4O)c3n2)C1. The van der Waals surface area contributed by atoms with Crippen LogP contribution in [0.5, 0.6) is 0 Å². The van der Waals surface area contributed by atoms with Gasteiger partial charge in [-0.1, -0.05) is 0 Å². The van der Waals surface area contributed by atoms with Crippen molar-refractivity contribution in [3.63, 3.8) is 0 Å². The zero-order chi connectivity index (χ0) is 22.6. The molecule has 2 aliphatic rings. The third-order valence-electron chi connectivity index (χ3n) is 5.63. The number of hydrogen-bond acceptors (Lipinski definition) is 6. The second-order valence-corrected chi connectivity index (χ2v) is 8.36. The molecule has 1 aliphatic heterocycles. The van der Waals surface area contributed by atoms with Crippen LogP contribution in [0.25, 0.3) is 5.65 Å². The molecule has 1 saturated heterocycles. The maximum Gasteiger partial charge on any atom is 0.258 e. The zero-order valence-electron chi connectivity index (χ0n) is 16.5. The molecule has 1 aliphatic carbocycles. The summed E-state index contributed by atoms with van der Waals surface area (Å²) in [5, 5.41) is 29.1. The van der Waals surface area contributed by atoms with Gasteiger partial charge in [0, 0.05) is 18.3 Å². The van der Waals surface area contributed by atoms with Crippen molar-refractivity contribution in [2.75, 3.05) is 16.8 Å². The number of fused-ring (bicyclic) bond motifs is 1.